The molecule has 0 spiro atoms. The predicted octanol–water partition coefficient (Wildman–Crippen LogP) is 2.10. The number of Topliss-reactive ketones (excluding diaryl/α,β-unsaturated/α-hetero) is 1. The van der Waals surface area contributed by atoms with Crippen LogP contribution in [0, 0.1) is 0 Å². The van der Waals surface area contributed by atoms with Gasteiger partial charge in [0.05, 0.1) is 0 Å². The monoisotopic (exact) mass is 339 g/mol. The van der Waals surface area contributed by atoms with Crippen LogP contribution in [0.25, 0.3) is 0 Å². The number of rotatable bonds is 3. The van der Waals surface area contributed by atoms with Crippen molar-refractivity contribution in [1.82, 2.24) is 4.90 Å². The molecule has 1 aliphatic rings. The number of hydrogen-bond acceptors (Lipinski definition) is 3. The van der Waals surface area contributed by atoms with Crippen molar-refractivity contribution in [3.8, 4) is 0 Å². The number of piperidine rings is 1. The summed E-state index contributed by atoms with van der Waals surface area (Å²) >= 11 is 3.25. The van der Waals surface area contributed by atoms with Gasteiger partial charge < -0.3 is 10.0 Å². The summed E-state index contributed by atoms with van der Waals surface area (Å²) in [6, 6.07) is 5.54. The van der Waals surface area contributed by atoms with E-state index in [0.717, 1.165) is 17.3 Å². The van der Waals surface area contributed by atoms with Gasteiger partial charge in [0.2, 0.25) is 5.78 Å². The number of ketones is 1. The third-order valence-electron chi connectivity index (χ3n) is 3.35. The Bertz CT molecular complexity index is 541. The van der Waals surface area contributed by atoms with Gasteiger partial charge in [-0.15, -0.1) is 0 Å². The van der Waals surface area contributed by atoms with Crippen LogP contribution in [0.4, 0.5) is 0 Å². The van der Waals surface area contributed by atoms with Crippen molar-refractivity contribution < 1.29 is 19.5 Å². The minimum atomic E-state index is -1.05. The molecule has 1 amide bonds. The second-order valence-electron chi connectivity index (χ2n) is 4.68. The summed E-state index contributed by atoms with van der Waals surface area (Å²) in [7, 11) is 0. The minimum absolute atomic E-state index is 0.271. The fourth-order valence-electron chi connectivity index (χ4n) is 2.29. The summed E-state index contributed by atoms with van der Waals surface area (Å²) in [5.41, 5.74) is 0.271. The Morgan fingerprint density at radius 1 is 1.15 bits per heavy atom. The zero-order valence-corrected chi connectivity index (χ0v) is 12.3. The molecule has 1 fully saturated rings. The molecule has 0 aromatic heterocycles. The van der Waals surface area contributed by atoms with Gasteiger partial charge in [-0.25, -0.2) is 4.79 Å². The molecule has 0 aliphatic carbocycles. The van der Waals surface area contributed by atoms with Crippen LogP contribution in [0.1, 0.15) is 29.6 Å². The highest BCUT2D eigenvalue weighted by molar-refractivity contribution is 9.10. The maximum absolute atomic E-state index is 12.2. The molecule has 20 heavy (non-hydrogen) atoms. The zero-order chi connectivity index (χ0) is 14.7. The first-order chi connectivity index (χ1) is 9.50. The average molecular weight is 340 g/mol. The van der Waals surface area contributed by atoms with Crippen molar-refractivity contribution in [2.75, 3.05) is 6.54 Å². The number of nitrogens with zero attached hydrogens (tertiary/aromatic N) is 1. The number of amides is 1. The lowest BCUT2D eigenvalue weighted by molar-refractivity contribution is -0.150. The molecule has 1 atom stereocenters. The first-order valence-electron chi connectivity index (χ1n) is 6.34. The van der Waals surface area contributed by atoms with Crippen molar-refractivity contribution in [2.45, 2.75) is 25.3 Å². The van der Waals surface area contributed by atoms with E-state index in [-0.39, 0.29) is 5.56 Å². The predicted molar refractivity (Wildman–Crippen MR) is 75.5 cm³/mol. The van der Waals surface area contributed by atoms with Crippen LogP contribution >= 0.6 is 15.9 Å². The smallest absolute Gasteiger partial charge is 0.326 e. The summed E-state index contributed by atoms with van der Waals surface area (Å²) in [6.07, 6.45) is 1.88. The standard InChI is InChI=1S/C14H14BrNO4/c15-10-6-4-9(5-7-10)12(17)13(18)16-8-2-1-3-11(16)14(19)20/h4-7,11H,1-3,8H2,(H,19,20)/t11-/m1/s1. The van der Waals surface area contributed by atoms with Gasteiger partial charge in [-0.05, 0) is 43.5 Å². The van der Waals surface area contributed by atoms with Gasteiger partial charge in [-0.2, -0.15) is 0 Å². The maximum atomic E-state index is 12.2. The molecule has 106 valence electrons. The average Bonchev–Trinajstić information content (AvgIpc) is 2.46. The summed E-state index contributed by atoms with van der Waals surface area (Å²) < 4.78 is 0.808. The molecule has 0 radical (unpaired) electrons. The molecular formula is C14H14BrNO4. The van der Waals surface area contributed by atoms with E-state index in [1.165, 1.54) is 4.90 Å². The van der Waals surface area contributed by atoms with E-state index in [2.05, 4.69) is 15.9 Å². The molecule has 0 bridgehead atoms. The number of carbonyl (C=O) groups is 3. The Morgan fingerprint density at radius 2 is 1.80 bits per heavy atom. The zero-order valence-electron chi connectivity index (χ0n) is 10.7. The number of carboxylic acids is 1. The Morgan fingerprint density at radius 3 is 2.40 bits per heavy atom. The molecule has 0 unspecified atom stereocenters. The van der Waals surface area contributed by atoms with E-state index < -0.39 is 23.7 Å². The highest BCUT2D eigenvalue weighted by Crippen LogP contribution is 2.19. The fourth-order valence-corrected chi connectivity index (χ4v) is 2.55. The molecule has 2 rings (SSSR count). The fraction of sp³-hybridized carbons (Fsp3) is 0.357. The number of carboxylic acid groups (broad SMARTS) is 1. The second kappa shape index (κ2) is 6.17. The number of halogens is 1. The van der Waals surface area contributed by atoms with Gasteiger partial charge >= 0.3 is 5.97 Å². The van der Waals surface area contributed by atoms with E-state index in [9.17, 15) is 14.4 Å². The van der Waals surface area contributed by atoms with E-state index in [0.29, 0.717) is 13.0 Å². The van der Waals surface area contributed by atoms with Crippen molar-refractivity contribution >= 4 is 33.6 Å². The summed E-state index contributed by atoms with van der Waals surface area (Å²) in [5.74, 6) is -2.45. The van der Waals surface area contributed by atoms with Gasteiger partial charge in [0.1, 0.15) is 6.04 Å². The number of carbonyl (C=O) groups excluding carboxylic acids is 2. The number of aliphatic carboxylic acids is 1. The molecule has 1 aromatic carbocycles. The topological polar surface area (TPSA) is 74.7 Å². The van der Waals surface area contributed by atoms with Gasteiger partial charge in [0, 0.05) is 16.6 Å². The highest BCUT2D eigenvalue weighted by Gasteiger charge is 2.35. The largest absolute Gasteiger partial charge is 0.480 e. The number of likely N-dealkylation sites (tertiary alicyclic amines) is 1. The summed E-state index contributed by atoms with van der Waals surface area (Å²) in [4.78, 5) is 36.7. The van der Waals surface area contributed by atoms with Crippen LogP contribution in [0.5, 0.6) is 0 Å². The van der Waals surface area contributed by atoms with Crippen molar-refractivity contribution in [2.24, 2.45) is 0 Å². The van der Waals surface area contributed by atoms with Crippen molar-refractivity contribution in [3.63, 3.8) is 0 Å². The normalized spacial score (nSPS) is 18.6. The number of hydrogen-bond donors (Lipinski definition) is 1. The van der Waals surface area contributed by atoms with Crippen LogP contribution in [0.3, 0.4) is 0 Å². The maximum Gasteiger partial charge on any atom is 0.326 e. The van der Waals surface area contributed by atoms with Gasteiger partial charge in [0.25, 0.3) is 5.91 Å². The van der Waals surface area contributed by atoms with Crippen LogP contribution in [-0.2, 0) is 9.59 Å². The molecule has 1 aliphatic heterocycles. The van der Waals surface area contributed by atoms with Crippen LogP contribution < -0.4 is 0 Å². The van der Waals surface area contributed by atoms with E-state index >= 15 is 0 Å². The molecule has 6 heteroatoms. The van der Waals surface area contributed by atoms with Crippen LogP contribution in [-0.4, -0.2) is 40.3 Å². The van der Waals surface area contributed by atoms with Crippen molar-refractivity contribution in [1.29, 1.82) is 0 Å². The third kappa shape index (κ3) is 3.07. The third-order valence-corrected chi connectivity index (χ3v) is 3.88. The SMILES string of the molecule is O=C(C(=O)N1CCCC[C@@H]1C(=O)O)c1ccc(Br)cc1. The van der Waals surface area contributed by atoms with Crippen LogP contribution in [0.2, 0.25) is 0 Å². The first kappa shape index (κ1) is 14.7. The summed E-state index contributed by atoms with van der Waals surface area (Å²) in [6.45, 7) is 0.318. The molecule has 5 nitrogen and oxygen atoms in total. The Balaban J connectivity index is 2.18. The lowest BCUT2D eigenvalue weighted by atomic mass is 10.0. The molecular weight excluding hydrogens is 326 g/mol. The number of benzene rings is 1. The minimum Gasteiger partial charge on any atom is -0.480 e. The first-order valence-corrected chi connectivity index (χ1v) is 7.13. The lowest BCUT2D eigenvalue weighted by Gasteiger charge is -2.32. The Kier molecular flexibility index (Phi) is 4.54. The summed E-state index contributed by atoms with van der Waals surface area (Å²) in [5, 5.41) is 9.13. The Hall–Kier alpha value is -1.69. The lowest BCUT2D eigenvalue weighted by Crippen LogP contribution is -2.50. The van der Waals surface area contributed by atoms with Gasteiger partial charge in [0.15, 0.2) is 0 Å². The van der Waals surface area contributed by atoms with E-state index in [1.807, 2.05) is 0 Å². The molecule has 0 saturated carbocycles. The highest BCUT2D eigenvalue weighted by atomic mass is 79.9. The van der Waals surface area contributed by atoms with Crippen LogP contribution in [0.15, 0.2) is 28.7 Å². The van der Waals surface area contributed by atoms with Gasteiger partial charge in [-0.3, -0.25) is 9.59 Å². The second-order valence-corrected chi connectivity index (χ2v) is 5.60. The van der Waals surface area contributed by atoms with Gasteiger partial charge in [-0.1, -0.05) is 15.9 Å². The molecule has 1 heterocycles. The van der Waals surface area contributed by atoms with E-state index in [1.54, 1.807) is 24.3 Å². The molecule has 1 aromatic rings. The molecule has 1 saturated heterocycles. The quantitative estimate of drug-likeness (QED) is 0.675. The molecule has 1 N–H and O–H groups in total. The van der Waals surface area contributed by atoms with E-state index in [4.69, 9.17) is 5.11 Å². The Labute approximate surface area is 124 Å². The van der Waals surface area contributed by atoms with Crippen molar-refractivity contribution in [3.05, 3.63) is 34.3 Å².